The van der Waals surface area contributed by atoms with Gasteiger partial charge in [0.25, 0.3) is 7.82 Å². The van der Waals surface area contributed by atoms with E-state index in [1.807, 2.05) is 13.8 Å². The van der Waals surface area contributed by atoms with E-state index >= 15 is 0 Å². The summed E-state index contributed by atoms with van der Waals surface area (Å²) in [7, 11) is -4.00. The van der Waals surface area contributed by atoms with E-state index in [0.29, 0.717) is 0 Å². The van der Waals surface area contributed by atoms with E-state index in [9.17, 15) is 9.46 Å². The van der Waals surface area contributed by atoms with Crippen LogP contribution in [0.2, 0.25) is 0 Å². The van der Waals surface area contributed by atoms with Gasteiger partial charge in [-0.2, -0.15) is 0 Å². The van der Waals surface area contributed by atoms with Gasteiger partial charge >= 0.3 is 0 Å². The maximum Gasteiger partial charge on any atom is 0.267 e. The van der Waals surface area contributed by atoms with Gasteiger partial charge in [0.2, 0.25) is 6.33 Å². The Morgan fingerprint density at radius 1 is 0.727 bits per heavy atom. The normalized spacial score (nSPS) is 11.4. The fourth-order valence-corrected chi connectivity index (χ4v) is 4.11. The second kappa shape index (κ2) is 23.1. The van der Waals surface area contributed by atoms with E-state index in [1.165, 1.54) is 83.7 Å². The number of aryl methyl sites for hydroxylation is 2. The highest BCUT2D eigenvalue weighted by molar-refractivity contribution is 7.45. The van der Waals surface area contributed by atoms with E-state index in [4.69, 9.17) is 0 Å². The van der Waals surface area contributed by atoms with Crippen LogP contribution in [0.3, 0.4) is 0 Å². The van der Waals surface area contributed by atoms with Crippen LogP contribution in [-0.4, -0.2) is 17.8 Å². The van der Waals surface area contributed by atoms with Gasteiger partial charge in [0, 0.05) is 0 Å². The van der Waals surface area contributed by atoms with Crippen molar-refractivity contribution in [2.45, 2.75) is 137 Å². The van der Waals surface area contributed by atoms with E-state index in [2.05, 4.69) is 50.8 Å². The van der Waals surface area contributed by atoms with Gasteiger partial charge in [0.15, 0.2) is 0 Å². The Morgan fingerprint density at radius 3 is 1.73 bits per heavy atom. The highest BCUT2D eigenvalue weighted by atomic mass is 31.2. The van der Waals surface area contributed by atoms with Gasteiger partial charge < -0.3 is 13.9 Å². The molecule has 7 heteroatoms. The summed E-state index contributed by atoms with van der Waals surface area (Å²) < 4.78 is 24.8. The highest BCUT2D eigenvalue weighted by Gasteiger charge is 2.07. The number of nitrogens with zero attached hydrogens (tertiary/aromatic N) is 2. The average Bonchev–Trinajstić information content (AvgIpc) is 3.25. The van der Waals surface area contributed by atoms with Gasteiger partial charge in [-0.1, -0.05) is 91.9 Å². The number of aromatic nitrogens is 2. The molecule has 0 unspecified atom stereocenters. The molecular formula is C26H53N2O4P. The topological polar surface area (TPSA) is 67.4 Å². The second-order valence-electron chi connectivity index (χ2n) is 8.89. The molecule has 1 heterocycles. The maximum atomic E-state index is 11.0. The third-order valence-corrected chi connectivity index (χ3v) is 6.53. The van der Waals surface area contributed by atoms with Gasteiger partial charge in [-0.25, -0.2) is 9.13 Å². The zero-order valence-corrected chi connectivity index (χ0v) is 23.0. The number of imidazole rings is 1. The zero-order chi connectivity index (χ0) is 24.6. The number of rotatable bonds is 21. The lowest BCUT2D eigenvalue weighted by atomic mass is 10.1. The molecule has 1 rings (SSSR count). The van der Waals surface area contributed by atoms with Crippen molar-refractivity contribution >= 4 is 7.82 Å². The van der Waals surface area contributed by atoms with Crippen molar-refractivity contribution in [3.05, 3.63) is 18.7 Å². The fourth-order valence-electron chi connectivity index (χ4n) is 3.33. The van der Waals surface area contributed by atoms with Crippen molar-refractivity contribution in [3.8, 4) is 0 Å². The predicted molar refractivity (Wildman–Crippen MR) is 136 cm³/mol. The molecule has 1 aromatic heterocycles. The van der Waals surface area contributed by atoms with Crippen LogP contribution in [0.5, 0.6) is 0 Å². The Morgan fingerprint density at radius 2 is 1.21 bits per heavy atom. The number of phosphoric ester groups is 1. The minimum atomic E-state index is -4.00. The molecule has 6 nitrogen and oxygen atoms in total. The van der Waals surface area contributed by atoms with E-state index < -0.39 is 7.82 Å². The van der Waals surface area contributed by atoms with Crippen LogP contribution < -0.4 is 9.46 Å². The summed E-state index contributed by atoms with van der Waals surface area (Å²) >= 11 is 0. The number of unbranched alkanes of at least 4 members (excludes halogenated alkanes) is 11. The summed E-state index contributed by atoms with van der Waals surface area (Å²) in [5, 5.41) is 0. The van der Waals surface area contributed by atoms with Gasteiger partial charge in [0.05, 0.1) is 26.3 Å². The molecule has 33 heavy (non-hydrogen) atoms. The van der Waals surface area contributed by atoms with Crippen LogP contribution in [0, 0.1) is 0 Å². The van der Waals surface area contributed by atoms with Crippen LogP contribution in [0.25, 0.3) is 0 Å². The Bertz CT molecular complexity index is 566. The first-order valence-electron chi connectivity index (χ1n) is 13.6. The number of hydrogen-bond acceptors (Lipinski definition) is 4. The molecule has 0 N–H and O–H groups in total. The highest BCUT2D eigenvalue weighted by Crippen LogP contribution is 2.38. The molecule has 0 aliphatic heterocycles. The van der Waals surface area contributed by atoms with E-state index in [-0.39, 0.29) is 13.2 Å². The van der Waals surface area contributed by atoms with Crippen molar-refractivity contribution < 1.29 is 23.1 Å². The van der Waals surface area contributed by atoms with Gasteiger partial charge in [-0.3, -0.25) is 4.57 Å². The lowest BCUT2D eigenvalue weighted by Crippen LogP contribution is -2.30. The fraction of sp³-hybridized carbons (Fsp3) is 0.885. The average molecular weight is 489 g/mol. The molecule has 0 aliphatic rings. The van der Waals surface area contributed by atoms with Gasteiger partial charge in [0.1, 0.15) is 12.4 Å². The Labute approximate surface area is 204 Å². The molecule has 0 atom stereocenters. The molecule has 0 fully saturated rings. The Balaban J connectivity index is 0.000000684. The van der Waals surface area contributed by atoms with Crippen molar-refractivity contribution in [1.29, 1.82) is 0 Å². The minimum absolute atomic E-state index is 0.226. The summed E-state index contributed by atoms with van der Waals surface area (Å²) in [4.78, 5) is 11.0. The summed E-state index contributed by atoms with van der Waals surface area (Å²) in [6.07, 6.45) is 25.2. The van der Waals surface area contributed by atoms with Crippen molar-refractivity contribution in [1.82, 2.24) is 4.57 Å². The number of phosphoric acid groups is 1. The first-order valence-corrected chi connectivity index (χ1v) is 15.1. The lowest BCUT2D eigenvalue weighted by Gasteiger charge is -2.22. The van der Waals surface area contributed by atoms with Crippen LogP contribution in [0.4, 0.5) is 0 Å². The summed E-state index contributed by atoms with van der Waals surface area (Å²) in [5.41, 5.74) is 0. The van der Waals surface area contributed by atoms with E-state index in [1.54, 1.807) is 0 Å². The summed E-state index contributed by atoms with van der Waals surface area (Å²) in [5.74, 6) is 0. The molecule has 1 aromatic rings. The Kier molecular flexibility index (Phi) is 22.6. The lowest BCUT2D eigenvalue weighted by molar-refractivity contribution is -0.696. The van der Waals surface area contributed by atoms with Crippen LogP contribution in [0.15, 0.2) is 18.7 Å². The molecule has 0 saturated heterocycles. The molecule has 0 bridgehead atoms. The van der Waals surface area contributed by atoms with Crippen molar-refractivity contribution in [2.75, 3.05) is 13.2 Å². The molecule has 0 spiro atoms. The van der Waals surface area contributed by atoms with E-state index in [0.717, 1.165) is 25.7 Å². The Hall–Kier alpha value is -0.680. The molecule has 0 radical (unpaired) electrons. The van der Waals surface area contributed by atoms with Crippen LogP contribution in [-0.2, 0) is 26.7 Å². The second-order valence-corrected chi connectivity index (χ2v) is 10.3. The smallest absolute Gasteiger partial charge is 0.267 e. The van der Waals surface area contributed by atoms with Gasteiger partial charge in [-0.05, 0) is 32.1 Å². The van der Waals surface area contributed by atoms with Crippen molar-refractivity contribution in [2.24, 2.45) is 0 Å². The largest absolute Gasteiger partial charge is 0.756 e. The first-order chi connectivity index (χ1) is 16.0. The zero-order valence-electron chi connectivity index (χ0n) is 22.1. The molecule has 196 valence electrons. The van der Waals surface area contributed by atoms with Crippen molar-refractivity contribution in [3.63, 3.8) is 0 Å². The third kappa shape index (κ3) is 21.6. The van der Waals surface area contributed by atoms with Gasteiger partial charge in [-0.15, -0.1) is 0 Å². The standard InChI is InChI=1S/C18H35N2.C8H19O4P/c1-3-5-7-8-9-10-11-12-13-15-20-17-16-19(18-20)14-6-4-2;1-3-5-7-11-13(9,10)12-8-6-4-2/h16-18H,3-15H2,1-2H3;3-8H2,1-2H3,(H,9,10)/q+1;/p-1. The molecule has 0 amide bonds. The SMILES string of the molecule is CCCCCCCCCCC[n+]1ccn(CCCC)c1.CCCCOP(=O)([O-])OCCCC. The predicted octanol–water partition coefficient (Wildman–Crippen LogP) is 7.19. The monoisotopic (exact) mass is 488 g/mol. The maximum absolute atomic E-state index is 11.0. The van der Waals surface area contributed by atoms with Crippen LogP contribution >= 0.6 is 7.82 Å². The molecule has 0 saturated carbocycles. The van der Waals surface area contributed by atoms with Crippen LogP contribution in [0.1, 0.15) is 124 Å². The summed E-state index contributed by atoms with van der Waals surface area (Å²) in [6.45, 7) is 11.3. The molecule has 0 aliphatic carbocycles. The third-order valence-electron chi connectivity index (χ3n) is 5.53. The molecular weight excluding hydrogens is 435 g/mol. The molecule has 0 aromatic carbocycles. The summed E-state index contributed by atoms with van der Waals surface area (Å²) in [6, 6.07) is 0. The minimum Gasteiger partial charge on any atom is -0.756 e. The number of hydrogen-bond donors (Lipinski definition) is 0. The quantitative estimate of drug-likeness (QED) is 0.104. The first kappa shape index (κ1) is 32.3.